The molecule has 2 aromatic rings. The Hall–Kier alpha value is -2.20. The van der Waals surface area contributed by atoms with Gasteiger partial charge in [0.05, 0.1) is 24.4 Å². The van der Waals surface area contributed by atoms with Crippen LogP contribution in [0, 0.1) is 0 Å². The number of nitrogens with zero attached hydrogens (tertiary/aromatic N) is 1. The van der Waals surface area contributed by atoms with Crippen LogP contribution in [0.1, 0.15) is 50.6 Å². The van der Waals surface area contributed by atoms with Crippen molar-refractivity contribution in [3.8, 4) is 5.75 Å². The molecule has 0 radical (unpaired) electrons. The SMILES string of the molecule is COc1ccc(N2[C@H](c3ccccc3)CC(O[Si](C)(C)C)=C3CCCC[C@@]32C)cc1. The van der Waals surface area contributed by atoms with Gasteiger partial charge in [0.25, 0.3) is 0 Å². The summed E-state index contributed by atoms with van der Waals surface area (Å²) in [5, 5.41) is 0. The topological polar surface area (TPSA) is 21.7 Å². The Balaban J connectivity index is 1.87. The first-order chi connectivity index (χ1) is 14.3. The minimum atomic E-state index is -1.69. The molecule has 1 aliphatic heterocycles. The largest absolute Gasteiger partial charge is 0.547 e. The molecule has 2 atom stereocenters. The molecular weight excluding hydrogens is 386 g/mol. The molecule has 1 fully saturated rings. The highest BCUT2D eigenvalue weighted by Gasteiger charge is 2.47. The quantitative estimate of drug-likeness (QED) is 0.481. The lowest BCUT2D eigenvalue weighted by atomic mass is 9.71. The van der Waals surface area contributed by atoms with Gasteiger partial charge in [-0.15, -0.1) is 0 Å². The summed E-state index contributed by atoms with van der Waals surface area (Å²) in [5.41, 5.74) is 4.12. The molecule has 4 heteroatoms. The van der Waals surface area contributed by atoms with E-state index >= 15 is 0 Å². The van der Waals surface area contributed by atoms with E-state index in [0.717, 1.165) is 25.0 Å². The second-order valence-electron chi connectivity index (χ2n) is 9.80. The van der Waals surface area contributed by atoms with Crippen LogP contribution in [-0.4, -0.2) is 21.0 Å². The predicted molar refractivity (Wildman–Crippen MR) is 128 cm³/mol. The number of hydrogen-bond acceptors (Lipinski definition) is 3. The Morgan fingerprint density at radius 2 is 1.67 bits per heavy atom. The second kappa shape index (κ2) is 8.14. The summed E-state index contributed by atoms with van der Waals surface area (Å²) in [7, 11) is 0.0371. The van der Waals surface area contributed by atoms with E-state index in [2.05, 4.69) is 86.1 Å². The average molecular weight is 422 g/mol. The molecule has 0 amide bonds. The van der Waals surface area contributed by atoms with Gasteiger partial charge in [0.15, 0.2) is 0 Å². The summed E-state index contributed by atoms with van der Waals surface area (Å²) in [4.78, 5) is 2.67. The van der Waals surface area contributed by atoms with Crippen LogP contribution in [0.5, 0.6) is 5.75 Å². The van der Waals surface area contributed by atoms with Crippen molar-refractivity contribution in [2.24, 2.45) is 0 Å². The van der Waals surface area contributed by atoms with E-state index in [1.807, 2.05) is 0 Å². The van der Waals surface area contributed by atoms with Crippen molar-refractivity contribution in [1.82, 2.24) is 0 Å². The molecule has 160 valence electrons. The fourth-order valence-corrected chi connectivity index (χ4v) is 6.20. The minimum absolute atomic E-state index is 0.0272. The van der Waals surface area contributed by atoms with E-state index in [0.29, 0.717) is 0 Å². The van der Waals surface area contributed by atoms with Crippen LogP contribution in [0.2, 0.25) is 19.6 Å². The molecular formula is C26H35NO2Si. The molecule has 0 unspecified atom stereocenters. The molecule has 0 saturated heterocycles. The van der Waals surface area contributed by atoms with Gasteiger partial charge in [-0.3, -0.25) is 0 Å². The maximum atomic E-state index is 6.76. The van der Waals surface area contributed by atoms with Gasteiger partial charge in [-0.25, -0.2) is 0 Å². The summed E-state index contributed by atoms with van der Waals surface area (Å²) in [6, 6.07) is 19.8. The number of rotatable bonds is 5. The maximum Gasteiger partial charge on any atom is 0.241 e. The first-order valence-electron chi connectivity index (χ1n) is 11.2. The van der Waals surface area contributed by atoms with Crippen molar-refractivity contribution in [1.29, 1.82) is 0 Å². The number of hydrogen-bond donors (Lipinski definition) is 0. The van der Waals surface area contributed by atoms with Gasteiger partial charge >= 0.3 is 0 Å². The Labute approximate surface area is 182 Å². The number of benzene rings is 2. The lowest BCUT2D eigenvalue weighted by Crippen LogP contribution is -2.55. The summed E-state index contributed by atoms with van der Waals surface area (Å²) in [5.74, 6) is 2.18. The molecule has 0 N–H and O–H groups in total. The van der Waals surface area contributed by atoms with Gasteiger partial charge in [-0.05, 0) is 81.2 Å². The minimum Gasteiger partial charge on any atom is -0.547 e. The lowest BCUT2D eigenvalue weighted by molar-refractivity contribution is 0.268. The Morgan fingerprint density at radius 3 is 2.30 bits per heavy atom. The normalized spacial score (nSPS) is 24.4. The molecule has 2 aromatic carbocycles. The molecule has 1 heterocycles. The summed E-state index contributed by atoms with van der Waals surface area (Å²) in [6.07, 6.45) is 5.76. The van der Waals surface area contributed by atoms with Gasteiger partial charge in [0, 0.05) is 12.1 Å². The zero-order valence-corrected chi connectivity index (χ0v) is 20.1. The van der Waals surface area contributed by atoms with Crippen LogP contribution in [-0.2, 0) is 4.43 Å². The molecule has 4 rings (SSSR count). The van der Waals surface area contributed by atoms with Gasteiger partial charge in [-0.2, -0.15) is 0 Å². The van der Waals surface area contributed by atoms with Crippen molar-refractivity contribution >= 4 is 14.0 Å². The number of fused-ring (bicyclic) bond motifs is 1. The van der Waals surface area contributed by atoms with Crippen LogP contribution in [0.3, 0.4) is 0 Å². The van der Waals surface area contributed by atoms with Gasteiger partial charge in [-0.1, -0.05) is 36.8 Å². The smallest absolute Gasteiger partial charge is 0.241 e. The van der Waals surface area contributed by atoms with Crippen molar-refractivity contribution in [3.05, 3.63) is 71.5 Å². The first-order valence-corrected chi connectivity index (χ1v) is 14.6. The van der Waals surface area contributed by atoms with Gasteiger partial charge in [0.1, 0.15) is 5.75 Å². The lowest BCUT2D eigenvalue weighted by Gasteiger charge is -2.55. The Kier molecular flexibility index (Phi) is 5.71. The maximum absolute atomic E-state index is 6.76. The highest BCUT2D eigenvalue weighted by molar-refractivity contribution is 6.70. The summed E-state index contributed by atoms with van der Waals surface area (Å²) < 4.78 is 12.2. The second-order valence-corrected chi connectivity index (χ2v) is 14.2. The molecule has 1 aliphatic carbocycles. The van der Waals surface area contributed by atoms with E-state index in [4.69, 9.17) is 9.16 Å². The highest BCUT2D eigenvalue weighted by Crippen LogP contribution is 2.52. The van der Waals surface area contributed by atoms with E-state index in [-0.39, 0.29) is 11.6 Å². The molecule has 0 spiro atoms. The standard InChI is InChI=1S/C26H35NO2Si/c1-26-18-10-9-13-23(26)25(29-30(3,4)5)19-24(20-11-7-6-8-12-20)27(26)21-14-16-22(28-2)17-15-21/h6-8,11-12,14-17,24H,9-10,13,18-19H2,1-5H3/t24-,26-/m0/s1. The van der Waals surface area contributed by atoms with E-state index < -0.39 is 8.32 Å². The van der Waals surface area contributed by atoms with Gasteiger partial charge in [0.2, 0.25) is 8.32 Å². The zero-order valence-electron chi connectivity index (χ0n) is 19.1. The third-order valence-corrected chi connectivity index (χ3v) is 7.37. The summed E-state index contributed by atoms with van der Waals surface area (Å²) >= 11 is 0. The van der Waals surface area contributed by atoms with E-state index in [9.17, 15) is 0 Å². The molecule has 3 nitrogen and oxygen atoms in total. The Morgan fingerprint density at radius 1 is 0.967 bits per heavy atom. The van der Waals surface area contributed by atoms with E-state index in [1.165, 1.54) is 35.4 Å². The predicted octanol–water partition coefficient (Wildman–Crippen LogP) is 7.08. The number of methoxy groups -OCH3 is 1. The average Bonchev–Trinajstić information content (AvgIpc) is 2.73. The van der Waals surface area contributed by atoms with Crippen LogP contribution >= 0.6 is 0 Å². The molecule has 1 saturated carbocycles. The van der Waals surface area contributed by atoms with Crippen molar-refractivity contribution < 1.29 is 9.16 Å². The van der Waals surface area contributed by atoms with Crippen molar-refractivity contribution in [2.75, 3.05) is 12.0 Å². The molecule has 0 bridgehead atoms. The monoisotopic (exact) mass is 421 g/mol. The van der Waals surface area contributed by atoms with Crippen molar-refractivity contribution in [3.63, 3.8) is 0 Å². The highest BCUT2D eigenvalue weighted by atomic mass is 28.4. The van der Waals surface area contributed by atoms with Crippen LogP contribution in [0.25, 0.3) is 0 Å². The molecule has 2 aliphatic rings. The van der Waals surface area contributed by atoms with Crippen molar-refractivity contribution in [2.45, 2.75) is 70.2 Å². The third kappa shape index (κ3) is 4.02. The van der Waals surface area contributed by atoms with Crippen LogP contribution in [0.4, 0.5) is 5.69 Å². The number of ether oxygens (including phenoxy) is 1. The fourth-order valence-electron chi connectivity index (χ4n) is 5.25. The van der Waals surface area contributed by atoms with Crippen LogP contribution in [0.15, 0.2) is 65.9 Å². The van der Waals surface area contributed by atoms with Gasteiger partial charge < -0.3 is 14.1 Å². The third-order valence-electron chi connectivity index (χ3n) is 6.51. The molecule has 0 aromatic heterocycles. The Bertz CT molecular complexity index is 901. The summed E-state index contributed by atoms with van der Waals surface area (Å²) in [6.45, 7) is 9.34. The van der Waals surface area contributed by atoms with E-state index in [1.54, 1.807) is 7.11 Å². The number of anilines is 1. The first kappa shape index (κ1) is 21.0. The molecule has 30 heavy (non-hydrogen) atoms. The fraction of sp³-hybridized carbons (Fsp3) is 0.462. The van der Waals surface area contributed by atoms with Crippen LogP contribution < -0.4 is 9.64 Å². The zero-order chi connectivity index (χ0) is 21.4.